The summed E-state index contributed by atoms with van der Waals surface area (Å²) in [6, 6.07) is 11.0. The molecule has 2 aromatic rings. The maximum atomic E-state index is 12.6. The second-order valence-electron chi connectivity index (χ2n) is 6.21. The maximum absolute atomic E-state index is 12.6. The summed E-state index contributed by atoms with van der Waals surface area (Å²) < 4.78 is 9.44. The van der Waals surface area contributed by atoms with E-state index in [1.54, 1.807) is 0 Å². The third kappa shape index (κ3) is 4.95. The Morgan fingerprint density at radius 1 is 1.42 bits per heavy atom. The van der Waals surface area contributed by atoms with Crippen molar-refractivity contribution in [2.45, 2.75) is 38.8 Å². The molecule has 5 nitrogen and oxygen atoms in total. The van der Waals surface area contributed by atoms with Crippen LogP contribution in [0.2, 0.25) is 5.15 Å². The van der Waals surface area contributed by atoms with Gasteiger partial charge in [-0.15, -0.1) is 0 Å². The van der Waals surface area contributed by atoms with E-state index in [1.807, 2.05) is 57.2 Å². The highest BCUT2D eigenvalue weighted by atomic mass is 35.5. The summed E-state index contributed by atoms with van der Waals surface area (Å²) in [5.41, 5.74) is 0.621. The molecule has 0 aliphatic carbocycles. The molecule has 0 aliphatic rings. The van der Waals surface area contributed by atoms with E-state index in [0.29, 0.717) is 11.4 Å². The molecule has 2 rings (SSSR count). The summed E-state index contributed by atoms with van der Waals surface area (Å²) in [6.45, 7) is 5.44. The van der Waals surface area contributed by atoms with Crippen LogP contribution in [0.15, 0.2) is 30.3 Å². The van der Waals surface area contributed by atoms with E-state index in [4.69, 9.17) is 16.3 Å². The molecular formula is C17H18ClN3O2S. The number of rotatable bonds is 5. The number of nitriles is 1. The van der Waals surface area contributed by atoms with Crippen LogP contribution in [0.4, 0.5) is 5.00 Å². The Kier molecular flexibility index (Phi) is 5.81. The number of halogens is 1. The van der Waals surface area contributed by atoms with Crippen molar-refractivity contribution in [3.63, 3.8) is 0 Å². The summed E-state index contributed by atoms with van der Waals surface area (Å²) in [6.07, 6.45) is 0.427. The number of ether oxygens (including phenoxy) is 1. The summed E-state index contributed by atoms with van der Waals surface area (Å²) >= 11 is 6.95. The van der Waals surface area contributed by atoms with Crippen LogP contribution in [0.3, 0.4) is 0 Å². The van der Waals surface area contributed by atoms with Crippen molar-refractivity contribution >= 4 is 34.1 Å². The van der Waals surface area contributed by atoms with Gasteiger partial charge in [0.2, 0.25) is 0 Å². The Hall–Kier alpha value is -2.10. The van der Waals surface area contributed by atoms with Gasteiger partial charge in [0.15, 0.2) is 5.15 Å². The molecule has 1 N–H and O–H groups in total. The molecule has 0 fully saturated rings. The number of aromatic nitrogens is 1. The van der Waals surface area contributed by atoms with Crippen molar-refractivity contribution in [2.75, 3.05) is 5.32 Å². The first-order valence-electron chi connectivity index (χ1n) is 7.39. The number of anilines is 1. The molecule has 7 heteroatoms. The van der Waals surface area contributed by atoms with E-state index in [-0.39, 0.29) is 16.7 Å². The fourth-order valence-corrected chi connectivity index (χ4v) is 3.03. The first-order chi connectivity index (χ1) is 11.3. The van der Waals surface area contributed by atoms with Gasteiger partial charge in [-0.2, -0.15) is 9.64 Å². The molecule has 1 aromatic heterocycles. The SMILES string of the molecule is CC(C)(C)OC(=O)C(Cc1ccccc1)Nc1snc(Cl)c1C#N. The van der Waals surface area contributed by atoms with Crippen molar-refractivity contribution in [1.82, 2.24) is 4.37 Å². The van der Waals surface area contributed by atoms with Gasteiger partial charge in [0.25, 0.3) is 0 Å². The van der Waals surface area contributed by atoms with Crippen molar-refractivity contribution < 1.29 is 9.53 Å². The van der Waals surface area contributed by atoms with Gasteiger partial charge in [-0.25, -0.2) is 4.79 Å². The van der Waals surface area contributed by atoms with E-state index >= 15 is 0 Å². The van der Waals surface area contributed by atoms with Gasteiger partial charge >= 0.3 is 5.97 Å². The van der Waals surface area contributed by atoms with Gasteiger partial charge in [0.1, 0.15) is 28.3 Å². The molecule has 1 heterocycles. The molecule has 126 valence electrons. The van der Waals surface area contributed by atoms with E-state index in [2.05, 4.69) is 9.69 Å². The van der Waals surface area contributed by atoms with Gasteiger partial charge in [-0.05, 0) is 37.9 Å². The number of esters is 1. The number of hydrogen-bond acceptors (Lipinski definition) is 6. The van der Waals surface area contributed by atoms with Crippen LogP contribution in [0.1, 0.15) is 31.9 Å². The zero-order valence-corrected chi connectivity index (χ0v) is 15.2. The maximum Gasteiger partial charge on any atom is 0.329 e. The Morgan fingerprint density at radius 3 is 2.67 bits per heavy atom. The third-order valence-corrected chi connectivity index (χ3v) is 4.19. The van der Waals surface area contributed by atoms with Crippen LogP contribution in [0.5, 0.6) is 0 Å². The molecular weight excluding hydrogens is 346 g/mol. The van der Waals surface area contributed by atoms with Crippen LogP contribution in [0, 0.1) is 11.3 Å². The Morgan fingerprint density at radius 2 is 2.08 bits per heavy atom. The zero-order valence-electron chi connectivity index (χ0n) is 13.7. The molecule has 0 amide bonds. The van der Waals surface area contributed by atoms with E-state index in [0.717, 1.165) is 17.1 Å². The topological polar surface area (TPSA) is 75.0 Å². The minimum absolute atomic E-state index is 0.132. The van der Waals surface area contributed by atoms with Crippen LogP contribution in [-0.4, -0.2) is 22.0 Å². The molecule has 24 heavy (non-hydrogen) atoms. The fraction of sp³-hybridized carbons (Fsp3) is 0.353. The van der Waals surface area contributed by atoms with Crippen LogP contribution < -0.4 is 5.32 Å². The van der Waals surface area contributed by atoms with Crippen molar-refractivity contribution in [2.24, 2.45) is 0 Å². The quantitative estimate of drug-likeness (QED) is 0.811. The predicted octanol–water partition coefficient (Wildman–Crippen LogP) is 4.03. The Bertz CT molecular complexity index is 747. The average Bonchev–Trinajstić information content (AvgIpc) is 2.86. The van der Waals surface area contributed by atoms with Crippen molar-refractivity contribution in [1.29, 1.82) is 5.26 Å². The smallest absolute Gasteiger partial charge is 0.329 e. The lowest BCUT2D eigenvalue weighted by Gasteiger charge is -2.24. The molecule has 0 radical (unpaired) electrons. The summed E-state index contributed by atoms with van der Waals surface area (Å²) in [7, 11) is 0. The molecule has 0 saturated heterocycles. The average molecular weight is 364 g/mol. The monoisotopic (exact) mass is 363 g/mol. The highest BCUT2D eigenvalue weighted by Crippen LogP contribution is 2.29. The summed E-state index contributed by atoms with van der Waals surface area (Å²) in [5.74, 6) is -0.389. The predicted molar refractivity (Wildman–Crippen MR) is 95.2 cm³/mol. The number of carbonyl (C=O) groups is 1. The number of benzene rings is 1. The number of nitrogens with zero attached hydrogens (tertiary/aromatic N) is 2. The van der Waals surface area contributed by atoms with Gasteiger partial charge in [0, 0.05) is 6.42 Å². The Labute approximate surface area is 150 Å². The van der Waals surface area contributed by atoms with Crippen molar-refractivity contribution in [3.8, 4) is 6.07 Å². The van der Waals surface area contributed by atoms with Crippen LogP contribution in [-0.2, 0) is 16.0 Å². The van der Waals surface area contributed by atoms with Gasteiger partial charge in [0.05, 0.1) is 0 Å². The Balaban J connectivity index is 2.25. The van der Waals surface area contributed by atoms with E-state index in [1.165, 1.54) is 0 Å². The van der Waals surface area contributed by atoms with Gasteiger partial charge in [-0.1, -0.05) is 41.9 Å². The summed E-state index contributed by atoms with van der Waals surface area (Å²) in [5, 5.41) is 12.9. The molecule has 1 unspecified atom stereocenters. The molecule has 0 bridgehead atoms. The molecule has 1 aromatic carbocycles. The summed E-state index contributed by atoms with van der Waals surface area (Å²) in [4.78, 5) is 12.6. The lowest BCUT2D eigenvalue weighted by Crippen LogP contribution is -2.38. The normalized spacial score (nSPS) is 12.3. The third-order valence-electron chi connectivity index (χ3n) is 3.04. The first kappa shape index (κ1) is 18.2. The van der Waals surface area contributed by atoms with Crippen LogP contribution in [0.25, 0.3) is 0 Å². The number of carbonyl (C=O) groups excluding carboxylic acids is 1. The highest BCUT2D eigenvalue weighted by Gasteiger charge is 2.27. The molecule has 0 spiro atoms. The zero-order chi connectivity index (χ0) is 17.7. The fourth-order valence-electron chi connectivity index (χ4n) is 2.04. The number of nitrogens with one attached hydrogen (secondary N) is 1. The van der Waals surface area contributed by atoms with Gasteiger partial charge in [-0.3, -0.25) is 0 Å². The second kappa shape index (κ2) is 7.65. The largest absolute Gasteiger partial charge is 0.458 e. The van der Waals surface area contributed by atoms with Gasteiger partial charge < -0.3 is 10.1 Å². The second-order valence-corrected chi connectivity index (χ2v) is 7.34. The lowest BCUT2D eigenvalue weighted by atomic mass is 10.1. The number of hydrogen-bond donors (Lipinski definition) is 1. The lowest BCUT2D eigenvalue weighted by molar-refractivity contribution is -0.155. The molecule has 0 saturated carbocycles. The highest BCUT2D eigenvalue weighted by molar-refractivity contribution is 7.10. The first-order valence-corrected chi connectivity index (χ1v) is 8.54. The van der Waals surface area contributed by atoms with E-state index in [9.17, 15) is 10.1 Å². The molecule has 1 atom stereocenters. The minimum atomic E-state index is -0.643. The van der Waals surface area contributed by atoms with Crippen molar-refractivity contribution in [3.05, 3.63) is 46.6 Å². The molecule has 0 aliphatic heterocycles. The standard InChI is InChI=1S/C17H18ClN3O2S/c1-17(2,3)23-16(22)13(9-11-7-5-4-6-8-11)20-15-12(10-19)14(18)21-24-15/h4-8,13,20H,9H2,1-3H3. The minimum Gasteiger partial charge on any atom is -0.458 e. The van der Waals surface area contributed by atoms with E-state index < -0.39 is 11.6 Å². The van der Waals surface area contributed by atoms with Crippen LogP contribution >= 0.6 is 23.1 Å².